The highest BCUT2D eigenvalue weighted by molar-refractivity contribution is 8.05. The number of rotatable bonds is 9. The van der Waals surface area contributed by atoms with Crippen LogP contribution in [-0.2, 0) is 13.6 Å². The highest BCUT2D eigenvalue weighted by Crippen LogP contribution is 2.66. The third-order valence-corrected chi connectivity index (χ3v) is 7.54. The predicted molar refractivity (Wildman–Crippen MR) is 98.9 cm³/mol. The van der Waals surface area contributed by atoms with Gasteiger partial charge in [-0.1, -0.05) is 30.3 Å². The molecular formula is C18H23O4PS. The van der Waals surface area contributed by atoms with E-state index >= 15 is 0 Å². The van der Waals surface area contributed by atoms with E-state index in [9.17, 15) is 4.57 Å². The quantitative estimate of drug-likeness (QED) is 0.417. The van der Waals surface area contributed by atoms with Crippen molar-refractivity contribution in [2.24, 2.45) is 0 Å². The Balaban J connectivity index is 2.40. The Morgan fingerprint density at radius 3 is 2.04 bits per heavy atom. The van der Waals surface area contributed by atoms with Gasteiger partial charge in [0.1, 0.15) is 10.7 Å². The van der Waals surface area contributed by atoms with Gasteiger partial charge in [0.25, 0.3) is 0 Å². The van der Waals surface area contributed by atoms with Crippen molar-refractivity contribution in [2.75, 3.05) is 20.3 Å². The Kier molecular flexibility index (Phi) is 7.38. The summed E-state index contributed by atoms with van der Waals surface area (Å²) in [6, 6.07) is 17.4. The molecule has 0 saturated heterocycles. The minimum absolute atomic E-state index is 0.333. The van der Waals surface area contributed by atoms with Gasteiger partial charge in [-0.15, -0.1) is 11.8 Å². The molecule has 1 atom stereocenters. The largest absolute Gasteiger partial charge is 0.497 e. The molecule has 0 aliphatic heterocycles. The summed E-state index contributed by atoms with van der Waals surface area (Å²) in [5.74, 6) is 0.755. The summed E-state index contributed by atoms with van der Waals surface area (Å²) in [7, 11) is -1.70. The minimum Gasteiger partial charge on any atom is -0.497 e. The van der Waals surface area contributed by atoms with E-state index in [2.05, 4.69) is 0 Å². The van der Waals surface area contributed by atoms with Gasteiger partial charge >= 0.3 is 7.60 Å². The van der Waals surface area contributed by atoms with Crippen molar-refractivity contribution in [1.29, 1.82) is 0 Å². The van der Waals surface area contributed by atoms with E-state index in [0.29, 0.717) is 13.2 Å². The first-order valence-electron chi connectivity index (χ1n) is 7.87. The van der Waals surface area contributed by atoms with E-state index < -0.39 is 12.6 Å². The molecule has 130 valence electrons. The van der Waals surface area contributed by atoms with E-state index in [1.165, 1.54) is 11.8 Å². The van der Waals surface area contributed by atoms with Gasteiger partial charge < -0.3 is 13.8 Å². The molecule has 2 aromatic rings. The fourth-order valence-electron chi connectivity index (χ4n) is 2.24. The SMILES string of the molecule is CCOP(=O)(OCC)C(Sc1ccccc1)c1ccc(OC)cc1. The fraction of sp³-hybridized carbons (Fsp3) is 0.333. The topological polar surface area (TPSA) is 44.8 Å². The first-order valence-corrected chi connectivity index (χ1v) is 10.4. The summed E-state index contributed by atoms with van der Waals surface area (Å²) < 4.78 is 29.8. The van der Waals surface area contributed by atoms with Crippen LogP contribution in [0.4, 0.5) is 0 Å². The van der Waals surface area contributed by atoms with Crippen LogP contribution in [0.5, 0.6) is 5.75 Å². The minimum atomic E-state index is -3.32. The molecule has 24 heavy (non-hydrogen) atoms. The van der Waals surface area contributed by atoms with Crippen LogP contribution in [0.15, 0.2) is 59.5 Å². The van der Waals surface area contributed by atoms with Gasteiger partial charge in [-0.25, -0.2) is 0 Å². The Hall–Kier alpha value is -1.26. The van der Waals surface area contributed by atoms with Crippen LogP contribution in [0, 0.1) is 0 Å². The van der Waals surface area contributed by atoms with Crippen molar-refractivity contribution in [3.63, 3.8) is 0 Å². The van der Waals surface area contributed by atoms with Crippen molar-refractivity contribution in [1.82, 2.24) is 0 Å². The van der Waals surface area contributed by atoms with E-state index in [1.807, 2.05) is 68.4 Å². The Morgan fingerprint density at radius 1 is 0.958 bits per heavy atom. The van der Waals surface area contributed by atoms with Crippen molar-refractivity contribution in [3.8, 4) is 5.75 Å². The molecule has 2 aromatic carbocycles. The molecule has 0 aliphatic rings. The van der Waals surface area contributed by atoms with Crippen molar-refractivity contribution >= 4 is 19.4 Å². The summed E-state index contributed by atoms with van der Waals surface area (Å²) in [5.41, 5.74) is 0.884. The highest BCUT2D eigenvalue weighted by atomic mass is 32.2. The van der Waals surface area contributed by atoms with Crippen molar-refractivity contribution < 1.29 is 18.3 Å². The lowest BCUT2D eigenvalue weighted by Gasteiger charge is -2.26. The molecule has 0 aliphatic carbocycles. The van der Waals surface area contributed by atoms with Crippen LogP contribution >= 0.6 is 19.4 Å². The maximum Gasteiger partial charge on any atom is 0.348 e. The number of hydrogen-bond donors (Lipinski definition) is 0. The number of benzene rings is 2. The molecule has 0 N–H and O–H groups in total. The van der Waals surface area contributed by atoms with Gasteiger partial charge in [-0.3, -0.25) is 4.57 Å². The lowest BCUT2D eigenvalue weighted by atomic mass is 10.2. The van der Waals surface area contributed by atoms with Crippen LogP contribution in [-0.4, -0.2) is 20.3 Å². The summed E-state index contributed by atoms with van der Waals surface area (Å²) in [5, 5.41) is 0. The Labute approximate surface area is 148 Å². The lowest BCUT2D eigenvalue weighted by molar-refractivity contribution is 0.218. The van der Waals surface area contributed by atoms with E-state index in [-0.39, 0.29) is 0 Å². The summed E-state index contributed by atoms with van der Waals surface area (Å²) >= 11 is 1.49. The van der Waals surface area contributed by atoms with Gasteiger partial charge in [0, 0.05) is 4.90 Å². The van der Waals surface area contributed by atoms with Gasteiger partial charge in [-0.2, -0.15) is 0 Å². The number of ether oxygens (including phenoxy) is 1. The smallest absolute Gasteiger partial charge is 0.348 e. The van der Waals surface area contributed by atoms with Crippen molar-refractivity contribution in [3.05, 3.63) is 60.2 Å². The average molecular weight is 366 g/mol. The fourth-order valence-corrected chi connectivity index (χ4v) is 5.96. The molecule has 6 heteroatoms. The van der Waals surface area contributed by atoms with Gasteiger partial charge in [0.2, 0.25) is 0 Å². The zero-order valence-corrected chi connectivity index (χ0v) is 15.9. The summed E-state index contributed by atoms with van der Waals surface area (Å²) in [4.78, 5) is 0.573. The third kappa shape index (κ3) is 4.87. The normalized spacial score (nSPS) is 12.8. The van der Waals surface area contributed by atoms with E-state index in [0.717, 1.165) is 16.2 Å². The molecule has 0 aromatic heterocycles. The molecule has 1 unspecified atom stereocenters. The highest BCUT2D eigenvalue weighted by Gasteiger charge is 2.37. The molecule has 0 bridgehead atoms. The monoisotopic (exact) mass is 366 g/mol. The maximum atomic E-state index is 13.4. The Morgan fingerprint density at radius 2 is 1.54 bits per heavy atom. The molecule has 0 saturated carbocycles. The third-order valence-electron chi connectivity index (χ3n) is 3.30. The lowest BCUT2D eigenvalue weighted by Crippen LogP contribution is -2.04. The molecular weight excluding hydrogens is 343 g/mol. The molecule has 0 fully saturated rings. The molecule has 0 spiro atoms. The number of hydrogen-bond acceptors (Lipinski definition) is 5. The van der Waals surface area contributed by atoms with Gasteiger partial charge in [0.05, 0.1) is 20.3 Å². The summed E-state index contributed by atoms with van der Waals surface area (Å²) in [6.45, 7) is 4.31. The second-order valence-corrected chi connectivity index (χ2v) is 8.57. The van der Waals surface area contributed by atoms with Crippen LogP contribution in [0.25, 0.3) is 0 Å². The summed E-state index contributed by atoms with van der Waals surface area (Å²) in [6.07, 6.45) is 0. The zero-order valence-electron chi connectivity index (χ0n) is 14.2. The molecule has 2 rings (SSSR count). The standard InChI is InChI=1S/C18H23O4PS/c1-4-21-23(19,22-5-2)18(24-17-9-7-6-8-10-17)15-11-13-16(20-3)14-12-15/h6-14,18H,4-5H2,1-3H3. The predicted octanol–water partition coefficient (Wildman–Crippen LogP) is 5.75. The van der Waals surface area contributed by atoms with Crippen LogP contribution in [0.2, 0.25) is 0 Å². The Bertz CT molecular complexity index is 650. The van der Waals surface area contributed by atoms with Crippen molar-refractivity contribution in [2.45, 2.75) is 23.7 Å². The van der Waals surface area contributed by atoms with E-state index in [4.69, 9.17) is 13.8 Å². The zero-order chi connectivity index (χ0) is 17.4. The van der Waals surface area contributed by atoms with Crippen LogP contribution in [0.1, 0.15) is 24.4 Å². The van der Waals surface area contributed by atoms with Crippen LogP contribution in [0.3, 0.4) is 0 Å². The van der Waals surface area contributed by atoms with Gasteiger partial charge in [0.15, 0.2) is 0 Å². The average Bonchev–Trinajstić information content (AvgIpc) is 2.61. The van der Waals surface area contributed by atoms with Crippen LogP contribution < -0.4 is 4.74 Å². The molecule has 0 heterocycles. The first-order chi connectivity index (χ1) is 11.6. The molecule has 4 nitrogen and oxygen atoms in total. The second-order valence-electron chi connectivity index (χ2n) is 4.93. The second kappa shape index (κ2) is 9.28. The molecule has 0 radical (unpaired) electrons. The van der Waals surface area contributed by atoms with E-state index in [1.54, 1.807) is 7.11 Å². The first kappa shape index (κ1) is 19.1. The molecule has 0 amide bonds. The maximum absolute atomic E-state index is 13.4. The number of methoxy groups -OCH3 is 1. The number of thioether (sulfide) groups is 1. The van der Waals surface area contributed by atoms with Gasteiger partial charge in [-0.05, 0) is 43.7 Å².